The van der Waals surface area contributed by atoms with Gasteiger partial charge in [0.15, 0.2) is 0 Å². The predicted octanol–water partition coefficient (Wildman–Crippen LogP) is 3.01. The number of carbonyl (C=O) groups excluding carboxylic acids is 1. The maximum Gasteiger partial charge on any atom is 0.244 e. The number of carbonyl (C=O) groups is 1. The van der Waals surface area contributed by atoms with E-state index in [4.69, 9.17) is 0 Å². The molecule has 122 valence electrons. The highest BCUT2D eigenvalue weighted by molar-refractivity contribution is 7.92. The first-order chi connectivity index (χ1) is 10.8. The lowest BCUT2D eigenvalue weighted by atomic mass is 10.1. The molecule has 1 aromatic carbocycles. The van der Waals surface area contributed by atoms with Crippen molar-refractivity contribution in [3.63, 3.8) is 0 Å². The highest BCUT2D eigenvalue weighted by atomic mass is 32.2. The Morgan fingerprint density at radius 2 is 2.04 bits per heavy atom. The minimum Gasteiger partial charge on any atom is -0.346 e. The van der Waals surface area contributed by atoms with Crippen molar-refractivity contribution in [2.45, 2.75) is 13.0 Å². The average Bonchev–Trinajstić information content (AvgIpc) is 2.97. The van der Waals surface area contributed by atoms with Crippen LogP contribution < -0.4 is 10.0 Å². The number of nitrogens with one attached hydrogen (secondary N) is 2. The van der Waals surface area contributed by atoms with Crippen LogP contribution in [0.2, 0.25) is 0 Å². The van der Waals surface area contributed by atoms with Crippen molar-refractivity contribution in [2.24, 2.45) is 0 Å². The number of rotatable bonds is 6. The second-order valence-electron chi connectivity index (χ2n) is 5.08. The van der Waals surface area contributed by atoms with Gasteiger partial charge in [0, 0.05) is 16.6 Å². The van der Waals surface area contributed by atoms with E-state index in [0.717, 1.165) is 16.7 Å². The molecule has 2 N–H and O–H groups in total. The van der Waals surface area contributed by atoms with Crippen LogP contribution in [-0.2, 0) is 14.8 Å². The Morgan fingerprint density at radius 1 is 1.26 bits per heavy atom. The topological polar surface area (TPSA) is 75.3 Å². The Balaban J connectivity index is 2.01. The molecule has 0 bridgehead atoms. The lowest BCUT2D eigenvalue weighted by Crippen LogP contribution is -2.24. The van der Waals surface area contributed by atoms with Crippen LogP contribution >= 0.6 is 11.3 Å². The summed E-state index contributed by atoms with van der Waals surface area (Å²) in [5.74, 6) is -0.202. The summed E-state index contributed by atoms with van der Waals surface area (Å²) in [5, 5.41) is 4.80. The van der Waals surface area contributed by atoms with Gasteiger partial charge < -0.3 is 5.32 Å². The van der Waals surface area contributed by atoms with Crippen molar-refractivity contribution in [1.82, 2.24) is 5.32 Å². The monoisotopic (exact) mass is 350 g/mol. The molecule has 1 aromatic heterocycles. The molecule has 0 unspecified atom stereocenters. The van der Waals surface area contributed by atoms with Crippen LogP contribution in [0.25, 0.3) is 6.08 Å². The maximum atomic E-state index is 11.9. The number of benzene rings is 1. The minimum atomic E-state index is -3.32. The van der Waals surface area contributed by atoms with Gasteiger partial charge in [-0.15, -0.1) is 11.3 Å². The first-order valence-corrected chi connectivity index (χ1v) is 9.70. The van der Waals surface area contributed by atoms with Gasteiger partial charge in [-0.05, 0) is 42.1 Å². The third kappa shape index (κ3) is 5.88. The predicted molar refractivity (Wildman–Crippen MR) is 94.8 cm³/mol. The van der Waals surface area contributed by atoms with Gasteiger partial charge in [0.05, 0.1) is 12.3 Å². The van der Waals surface area contributed by atoms with E-state index in [1.807, 2.05) is 30.5 Å². The van der Waals surface area contributed by atoms with Crippen LogP contribution in [0.3, 0.4) is 0 Å². The van der Waals surface area contributed by atoms with Crippen LogP contribution in [0.15, 0.2) is 47.9 Å². The first kappa shape index (κ1) is 17.2. The fourth-order valence-electron chi connectivity index (χ4n) is 1.97. The fourth-order valence-corrected chi connectivity index (χ4v) is 3.15. The molecule has 0 radical (unpaired) electrons. The van der Waals surface area contributed by atoms with Crippen LogP contribution in [0.5, 0.6) is 0 Å². The highest BCUT2D eigenvalue weighted by Gasteiger charge is 2.09. The normalized spacial score (nSPS) is 13.0. The molecule has 0 aliphatic heterocycles. The molecular formula is C16H18N2O3S2. The van der Waals surface area contributed by atoms with Crippen molar-refractivity contribution in [2.75, 3.05) is 11.0 Å². The minimum absolute atomic E-state index is 0.202. The lowest BCUT2D eigenvalue weighted by Gasteiger charge is -2.14. The van der Waals surface area contributed by atoms with E-state index in [9.17, 15) is 13.2 Å². The second-order valence-corrected chi connectivity index (χ2v) is 7.81. The van der Waals surface area contributed by atoms with E-state index in [2.05, 4.69) is 10.0 Å². The molecule has 2 rings (SSSR count). The molecule has 0 saturated carbocycles. The largest absolute Gasteiger partial charge is 0.346 e. The zero-order valence-corrected chi connectivity index (χ0v) is 14.4. The molecule has 0 spiro atoms. The molecule has 1 atom stereocenters. The summed E-state index contributed by atoms with van der Waals surface area (Å²) in [4.78, 5) is 12.9. The summed E-state index contributed by atoms with van der Waals surface area (Å²) < 4.78 is 25.0. The lowest BCUT2D eigenvalue weighted by molar-refractivity contribution is -0.117. The second kappa shape index (κ2) is 7.43. The number of amides is 1. The van der Waals surface area contributed by atoms with E-state index >= 15 is 0 Å². The van der Waals surface area contributed by atoms with E-state index in [1.54, 1.807) is 35.6 Å². The SMILES string of the molecule is C[C@H](NC(=O)/C=C\c1cccs1)c1cccc(NS(C)(=O)=O)c1. The molecule has 0 fully saturated rings. The Morgan fingerprint density at radius 3 is 2.70 bits per heavy atom. The van der Waals surface area contributed by atoms with Gasteiger partial charge >= 0.3 is 0 Å². The maximum absolute atomic E-state index is 11.9. The molecule has 5 nitrogen and oxygen atoms in total. The average molecular weight is 350 g/mol. The molecular weight excluding hydrogens is 332 g/mol. The van der Waals surface area contributed by atoms with Crippen LogP contribution in [0.1, 0.15) is 23.4 Å². The Bertz CT molecular complexity index is 796. The summed E-state index contributed by atoms with van der Waals surface area (Å²) in [6.07, 6.45) is 4.34. The summed E-state index contributed by atoms with van der Waals surface area (Å²) in [5.41, 5.74) is 1.29. The van der Waals surface area contributed by atoms with Gasteiger partial charge in [-0.1, -0.05) is 18.2 Å². The third-order valence-electron chi connectivity index (χ3n) is 2.99. The van der Waals surface area contributed by atoms with Crippen molar-refractivity contribution >= 4 is 39.0 Å². The van der Waals surface area contributed by atoms with E-state index in [0.29, 0.717) is 5.69 Å². The molecule has 1 heterocycles. The van der Waals surface area contributed by atoms with Gasteiger partial charge in [-0.2, -0.15) is 0 Å². The third-order valence-corrected chi connectivity index (χ3v) is 4.43. The summed E-state index contributed by atoms with van der Waals surface area (Å²) in [6.45, 7) is 1.84. The van der Waals surface area contributed by atoms with Crippen molar-refractivity contribution in [3.05, 3.63) is 58.3 Å². The quantitative estimate of drug-likeness (QED) is 0.787. The van der Waals surface area contributed by atoms with E-state index in [1.165, 1.54) is 6.08 Å². The van der Waals surface area contributed by atoms with Gasteiger partial charge in [0.1, 0.15) is 0 Å². The molecule has 0 saturated heterocycles. The zero-order valence-electron chi connectivity index (χ0n) is 12.8. The number of hydrogen-bond acceptors (Lipinski definition) is 4. The highest BCUT2D eigenvalue weighted by Crippen LogP contribution is 2.18. The summed E-state index contributed by atoms with van der Waals surface area (Å²) >= 11 is 1.56. The standard InChI is InChI=1S/C16H18N2O3S2/c1-12(17-16(19)9-8-15-7-4-10-22-15)13-5-3-6-14(11-13)18-23(2,20)21/h3-12,18H,1-2H3,(H,17,19)/b9-8-/t12-/m0/s1. The zero-order chi connectivity index (χ0) is 16.9. The number of anilines is 1. The molecule has 2 aromatic rings. The van der Waals surface area contributed by atoms with Gasteiger partial charge in [-0.25, -0.2) is 8.42 Å². The molecule has 1 amide bonds. The van der Waals surface area contributed by atoms with Crippen molar-refractivity contribution in [1.29, 1.82) is 0 Å². The Hall–Kier alpha value is -2.12. The van der Waals surface area contributed by atoms with Crippen LogP contribution in [0.4, 0.5) is 5.69 Å². The van der Waals surface area contributed by atoms with Crippen LogP contribution in [0, 0.1) is 0 Å². The van der Waals surface area contributed by atoms with E-state index in [-0.39, 0.29) is 11.9 Å². The Labute approximate surface area is 140 Å². The Kier molecular flexibility index (Phi) is 5.57. The van der Waals surface area contributed by atoms with Crippen molar-refractivity contribution in [3.8, 4) is 0 Å². The van der Waals surface area contributed by atoms with Crippen LogP contribution in [-0.4, -0.2) is 20.6 Å². The fraction of sp³-hybridized carbons (Fsp3) is 0.188. The van der Waals surface area contributed by atoms with Gasteiger partial charge in [0.2, 0.25) is 15.9 Å². The van der Waals surface area contributed by atoms with Crippen molar-refractivity contribution < 1.29 is 13.2 Å². The smallest absolute Gasteiger partial charge is 0.244 e. The number of hydrogen-bond donors (Lipinski definition) is 2. The number of thiophene rings is 1. The molecule has 0 aliphatic carbocycles. The first-order valence-electron chi connectivity index (χ1n) is 6.93. The molecule has 23 heavy (non-hydrogen) atoms. The summed E-state index contributed by atoms with van der Waals surface area (Å²) in [6, 6.07) is 10.6. The van der Waals surface area contributed by atoms with Gasteiger partial charge in [-0.3, -0.25) is 9.52 Å². The summed E-state index contributed by atoms with van der Waals surface area (Å²) in [7, 11) is -3.32. The molecule has 0 aliphatic rings. The molecule has 7 heteroatoms. The number of sulfonamides is 1. The van der Waals surface area contributed by atoms with Gasteiger partial charge in [0.25, 0.3) is 0 Å². The van der Waals surface area contributed by atoms with E-state index < -0.39 is 10.0 Å².